The minimum absolute atomic E-state index is 0.166. The third-order valence-electron chi connectivity index (χ3n) is 4.99. The fourth-order valence-electron chi connectivity index (χ4n) is 3.28. The molecule has 12 heteroatoms. The summed E-state index contributed by atoms with van der Waals surface area (Å²) in [5, 5.41) is 11.0. The van der Waals surface area contributed by atoms with E-state index in [9.17, 15) is 9.59 Å². The standard InChI is InChI=1S/C20H21N7O2S3/c1-5-8-27-16(25-26-20(27)30)15-10(3)21-19(32-15)24-13(28)7-6-12-22-17(29)14-9(2)11(4)31-18(14)23-12/h5H,1,6-8H2,2-4H3,(H,26,30)(H,21,24,28)(H,22,23,29). The predicted octanol–water partition coefficient (Wildman–Crippen LogP) is 4.04. The van der Waals surface area contributed by atoms with Crippen LogP contribution in [0.2, 0.25) is 0 Å². The van der Waals surface area contributed by atoms with Crippen LogP contribution in [-0.2, 0) is 17.8 Å². The number of hydrogen-bond acceptors (Lipinski definition) is 8. The number of aryl methyl sites for hydroxylation is 4. The SMILES string of the molecule is C=CCn1c(-c2sc(NC(=O)CCc3nc4sc(C)c(C)c4c(=O)[nH]3)nc2C)n[nH]c1=S. The van der Waals surface area contributed by atoms with Gasteiger partial charge in [0.15, 0.2) is 15.7 Å². The second-order valence-electron chi connectivity index (χ2n) is 7.21. The number of carbonyl (C=O) groups excluding carboxylic acids is 1. The van der Waals surface area contributed by atoms with Crippen LogP contribution < -0.4 is 10.9 Å². The maximum absolute atomic E-state index is 12.5. The largest absolute Gasteiger partial charge is 0.310 e. The highest BCUT2D eigenvalue weighted by Gasteiger charge is 2.18. The van der Waals surface area contributed by atoms with E-state index in [2.05, 4.69) is 37.0 Å². The summed E-state index contributed by atoms with van der Waals surface area (Å²) < 4.78 is 2.31. The molecule has 0 saturated heterocycles. The number of aromatic nitrogens is 6. The van der Waals surface area contributed by atoms with Gasteiger partial charge in [-0.1, -0.05) is 17.4 Å². The molecule has 4 heterocycles. The lowest BCUT2D eigenvalue weighted by molar-refractivity contribution is -0.116. The molecule has 0 atom stereocenters. The van der Waals surface area contributed by atoms with Crippen molar-refractivity contribution in [1.29, 1.82) is 0 Å². The van der Waals surface area contributed by atoms with E-state index in [1.807, 2.05) is 25.3 Å². The molecule has 0 aromatic carbocycles. The van der Waals surface area contributed by atoms with Crippen molar-refractivity contribution in [2.24, 2.45) is 0 Å². The summed E-state index contributed by atoms with van der Waals surface area (Å²) in [4.78, 5) is 39.2. The number of thiophene rings is 1. The molecule has 4 aromatic rings. The molecule has 0 spiro atoms. The summed E-state index contributed by atoms with van der Waals surface area (Å²) in [5.41, 5.74) is 1.53. The summed E-state index contributed by atoms with van der Waals surface area (Å²) in [5.74, 6) is 0.938. The Bertz CT molecular complexity index is 1450. The van der Waals surface area contributed by atoms with E-state index in [0.29, 0.717) is 44.7 Å². The van der Waals surface area contributed by atoms with E-state index < -0.39 is 0 Å². The highest BCUT2D eigenvalue weighted by molar-refractivity contribution is 7.71. The molecule has 0 bridgehead atoms. The van der Waals surface area contributed by atoms with Gasteiger partial charge < -0.3 is 10.3 Å². The molecule has 0 aliphatic rings. The number of nitrogens with zero attached hydrogens (tertiary/aromatic N) is 4. The van der Waals surface area contributed by atoms with Crippen molar-refractivity contribution < 1.29 is 4.79 Å². The minimum Gasteiger partial charge on any atom is -0.310 e. The second kappa shape index (κ2) is 8.88. The van der Waals surface area contributed by atoms with Crippen molar-refractivity contribution in [2.75, 3.05) is 5.32 Å². The fourth-order valence-corrected chi connectivity index (χ4v) is 5.51. The molecule has 0 radical (unpaired) electrons. The molecule has 1 amide bonds. The lowest BCUT2D eigenvalue weighted by Gasteiger charge is -2.02. The van der Waals surface area contributed by atoms with Crippen LogP contribution in [0, 0.1) is 25.5 Å². The van der Waals surface area contributed by atoms with Crippen LogP contribution in [-0.4, -0.2) is 35.6 Å². The van der Waals surface area contributed by atoms with Gasteiger partial charge in [0.1, 0.15) is 10.7 Å². The Morgan fingerprint density at radius 3 is 2.81 bits per heavy atom. The zero-order valence-corrected chi connectivity index (χ0v) is 20.2. The van der Waals surface area contributed by atoms with Gasteiger partial charge in [-0.25, -0.2) is 9.97 Å². The van der Waals surface area contributed by atoms with Crippen molar-refractivity contribution in [2.45, 2.75) is 40.2 Å². The zero-order valence-electron chi connectivity index (χ0n) is 17.7. The number of H-pyrrole nitrogens is 2. The number of carbonyl (C=O) groups is 1. The predicted molar refractivity (Wildman–Crippen MR) is 130 cm³/mol. The fraction of sp³-hybridized carbons (Fsp3) is 0.300. The quantitative estimate of drug-likeness (QED) is 0.267. The molecule has 0 aliphatic heterocycles. The van der Waals surface area contributed by atoms with Gasteiger partial charge in [0.25, 0.3) is 5.56 Å². The van der Waals surface area contributed by atoms with Crippen molar-refractivity contribution in [3.05, 3.63) is 49.7 Å². The lowest BCUT2D eigenvalue weighted by Crippen LogP contribution is -2.16. The van der Waals surface area contributed by atoms with Gasteiger partial charge in [-0.15, -0.1) is 17.9 Å². The summed E-state index contributed by atoms with van der Waals surface area (Å²) in [7, 11) is 0. The van der Waals surface area contributed by atoms with Crippen LogP contribution in [0.15, 0.2) is 17.4 Å². The molecular weight excluding hydrogens is 466 g/mol. The number of fused-ring (bicyclic) bond motifs is 1. The molecule has 9 nitrogen and oxygen atoms in total. The third-order valence-corrected chi connectivity index (χ3v) is 7.47. The number of allylic oxidation sites excluding steroid dienone is 1. The van der Waals surface area contributed by atoms with E-state index >= 15 is 0 Å². The van der Waals surface area contributed by atoms with Crippen LogP contribution in [0.4, 0.5) is 5.13 Å². The Morgan fingerprint density at radius 2 is 2.06 bits per heavy atom. The van der Waals surface area contributed by atoms with Crippen LogP contribution in [0.5, 0.6) is 0 Å². The van der Waals surface area contributed by atoms with Crippen LogP contribution >= 0.6 is 34.9 Å². The molecule has 0 unspecified atom stereocenters. The maximum Gasteiger partial charge on any atom is 0.259 e. The van der Waals surface area contributed by atoms with Gasteiger partial charge in [-0.05, 0) is 38.6 Å². The number of rotatable bonds is 7. The summed E-state index contributed by atoms with van der Waals surface area (Å²) in [6.45, 7) is 10.0. The van der Waals surface area contributed by atoms with E-state index in [1.54, 1.807) is 6.08 Å². The van der Waals surface area contributed by atoms with Gasteiger partial charge in [-0.3, -0.25) is 19.3 Å². The van der Waals surface area contributed by atoms with E-state index in [0.717, 1.165) is 21.0 Å². The number of thiazole rings is 1. The van der Waals surface area contributed by atoms with Gasteiger partial charge >= 0.3 is 0 Å². The first-order valence-corrected chi connectivity index (χ1v) is 11.8. The minimum atomic E-state index is -0.212. The summed E-state index contributed by atoms with van der Waals surface area (Å²) in [6, 6.07) is 0. The Hall–Kier alpha value is -2.96. The number of amides is 1. The number of nitrogens with one attached hydrogen (secondary N) is 3. The first-order chi connectivity index (χ1) is 15.3. The first-order valence-electron chi connectivity index (χ1n) is 9.81. The Kier molecular flexibility index (Phi) is 6.17. The van der Waals surface area contributed by atoms with Gasteiger partial charge in [-0.2, -0.15) is 5.10 Å². The summed E-state index contributed by atoms with van der Waals surface area (Å²) in [6.07, 6.45) is 2.23. The van der Waals surface area contributed by atoms with E-state index in [-0.39, 0.29) is 17.9 Å². The Morgan fingerprint density at radius 1 is 1.28 bits per heavy atom. The molecule has 0 saturated carbocycles. The van der Waals surface area contributed by atoms with Crippen LogP contribution in [0.3, 0.4) is 0 Å². The van der Waals surface area contributed by atoms with Crippen molar-refractivity contribution in [3.63, 3.8) is 0 Å². The van der Waals surface area contributed by atoms with Crippen LogP contribution in [0.1, 0.15) is 28.4 Å². The maximum atomic E-state index is 12.5. The van der Waals surface area contributed by atoms with Crippen LogP contribution in [0.25, 0.3) is 20.9 Å². The highest BCUT2D eigenvalue weighted by atomic mass is 32.1. The molecule has 32 heavy (non-hydrogen) atoms. The smallest absolute Gasteiger partial charge is 0.259 e. The Balaban J connectivity index is 1.47. The molecular formula is C20H21N7O2S3. The Labute approximate surface area is 196 Å². The van der Waals surface area contributed by atoms with Crippen molar-refractivity contribution in [1.82, 2.24) is 29.7 Å². The van der Waals surface area contributed by atoms with Crippen molar-refractivity contribution >= 4 is 56.1 Å². The normalized spacial score (nSPS) is 11.2. The topological polar surface area (TPSA) is 121 Å². The average Bonchev–Trinajstić information content (AvgIpc) is 3.37. The van der Waals surface area contributed by atoms with Gasteiger partial charge in [0.2, 0.25) is 5.91 Å². The van der Waals surface area contributed by atoms with Gasteiger partial charge in [0, 0.05) is 24.3 Å². The third kappa shape index (κ3) is 4.20. The summed E-state index contributed by atoms with van der Waals surface area (Å²) >= 11 is 8.08. The molecule has 0 fully saturated rings. The van der Waals surface area contributed by atoms with E-state index in [4.69, 9.17) is 12.2 Å². The molecule has 4 aromatic heterocycles. The monoisotopic (exact) mass is 487 g/mol. The lowest BCUT2D eigenvalue weighted by atomic mass is 10.2. The van der Waals surface area contributed by atoms with E-state index in [1.165, 1.54) is 22.7 Å². The van der Waals surface area contributed by atoms with Gasteiger partial charge in [0.05, 0.1) is 16.0 Å². The highest BCUT2D eigenvalue weighted by Crippen LogP contribution is 2.32. The zero-order chi connectivity index (χ0) is 23.0. The average molecular weight is 488 g/mol. The molecule has 166 valence electrons. The second-order valence-corrected chi connectivity index (χ2v) is 9.80. The molecule has 4 rings (SSSR count). The molecule has 0 aliphatic carbocycles. The number of aromatic amines is 2. The first kappa shape index (κ1) is 22.2. The number of hydrogen-bond donors (Lipinski definition) is 3. The molecule has 3 N–H and O–H groups in total. The van der Waals surface area contributed by atoms with Crippen molar-refractivity contribution in [3.8, 4) is 10.7 Å². The number of anilines is 1.